The van der Waals surface area contributed by atoms with Gasteiger partial charge in [-0.3, -0.25) is 14.4 Å². The highest BCUT2D eigenvalue weighted by atomic mass is 31.2. The van der Waals surface area contributed by atoms with Gasteiger partial charge in [0.25, 0.3) is 0 Å². The monoisotopic (exact) mass is 898 g/mol. The van der Waals surface area contributed by atoms with Crippen LogP contribution >= 0.6 is 7.14 Å². The van der Waals surface area contributed by atoms with Gasteiger partial charge in [0, 0.05) is 70.5 Å². The standard InChI is InChI=1S/C51H104N5O5P/c1-5-9-13-17-21-25-29-39-55(40-30-26-22-18-14-10-6-2)43-36-52-49(58)33-46-62(61,48-35-51(60)54-38-45-57)47-34-50(59)53-37-44-56(41-31-27-23-19-15-11-7-3)42-32-28-24-20-16-12-8-4/h57H,5-48H2,1-4H3,(H,52,58)(H,53,59)(H,54,60). The third-order valence-electron chi connectivity index (χ3n) is 12.5. The van der Waals surface area contributed by atoms with Gasteiger partial charge in [-0.05, 0) is 51.9 Å². The zero-order valence-corrected chi connectivity index (χ0v) is 42.4. The Balaban J connectivity index is 5.11. The van der Waals surface area contributed by atoms with E-state index in [1.54, 1.807) is 0 Å². The number of amides is 3. The van der Waals surface area contributed by atoms with Gasteiger partial charge in [-0.2, -0.15) is 0 Å². The maximum absolute atomic E-state index is 14.3. The Labute approximate surface area is 384 Å². The summed E-state index contributed by atoms with van der Waals surface area (Å²) < 4.78 is 14.3. The van der Waals surface area contributed by atoms with E-state index in [4.69, 9.17) is 5.11 Å². The molecule has 0 aromatic rings. The highest BCUT2D eigenvalue weighted by Crippen LogP contribution is 2.47. The van der Waals surface area contributed by atoms with Crippen molar-refractivity contribution in [1.82, 2.24) is 25.8 Å². The van der Waals surface area contributed by atoms with Gasteiger partial charge in [0.1, 0.15) is 0 Å². The Morgan fingerprint density at radius 2 is 0.613 bits per heavy atom. The van der Waals surface area contributed by atoms with Gasteiger partial charge in [-0.15, -0.1) is 0 Å². The molecule has 0 radical (unpaired) electrons. The number of nitrogens with one attached hydrogen (secondary N) is 3. The van der Waals surface area contributed by atoms with E-state index in [0.29, 0.717) is 13.1 Å². The summed E-state index contributed by atoms with van der Waals surface area (Å²) in [7, 11) is -3.00. The van der Waals surface area contributed by atoms with Crippen LogP contribution in [0.25, 0.3) is 0 Å². The molecule has 0 rings (SSSR count). The van der Waals surface area contributed by atoms with Crippen molar-refractivity contribution in [3.8, 4) is 0 Å². The normalized spacial score (nSPS) is 11.8. The largest absolute Gasteiger partial charge is 0.395 e. The Morgan fingerprint density at radius 1 is 0.371 bits per heavy atom. The molecule has 3 amide bonds. The summed E-state index contributed by atoms with van der Waals surface area (Å²) in [6.07, 6.45) is 36.8. The van der Waals surface area contributed by atoms with Gasteiger partial charge in [0.2, 0.25) is 17.7 Å². The van der Waals surface area contributed by atoms with Gasteiger partial charge in [-0.1, -0.05) is 182 Å². The molecule has 368 valence electrons. The van der Waals surface area contributed by atoms with Gasteiger partial charge < -0.3 is 35.4 Å². The second-order valence-corrected chi connectivity index (χ2v) is 21.9. The van der Waals surface area contributed by atoms with Crippen LogP contribution in [0.3, 0.4) is 0 Å². The number of carbonyl (C=O) groups is 3. The molecule has 0 aromatic carbocycles. The first-order chi connectivity index (χ1) is 30.2. The Morgan fingerprint density at radius 3 is 0.871 bits per heavy atom. The van der Waals surface area contributed by atoms with Crippen molar-refractivity contribution in [3.63, 3.8) is 0 Å². The topological polar surface area (TPSA) is 131 Å². The predicted molar refractivity (Wildman–Crippen MR) is 267 cm³/mol. The van der Waals surface area contributed by atoms with Crippen molar-refractivity contribution in [2.45, 2.75) is 227 Å². The second kappa shape index (κ2) is 46.1. The van der Waals surface area contributed by atoms with Crippen LogP contribution < -0.4 is 16.0 Å². The summed E-state index contributed by atoms with van der Waals surface area (Å²) in [6, 6.07) is 0. The molecule has 10 nitrogen and oxygen atoms in total. The minimum Gasteiger partial charge on any atom is -0.395 e. The van der Waals surface area contributed by atoms with E-state index in [-0.39, 0.29) is 68.6 Å². The first-order valence-corrected chi connectivity index (χ1v) is 28.9. The van der Waals surface area contributed by atoms with Crippen LogP contribution in [-0.4, -0.2) is 117 Å². The van der Waals surface area contributed by atoms with E-state index in [2.05, 4.69) is 53.4 Å². The first kappa shape index (κ1) is 60.5. The predicted octanol–water partition coefficient (Wildman–Crippen LogP) is 11.5. The molecule has 4 N–H and O–H groups in total. The lowest BCUT2D eigenvalue weighted by atomic mass is 10.1. The summed E-state index contributed by atoms with van der Waals surface area (Å²) in [5.41, 5.74) is 0. The van der Waals surface area contributed by atoms with E-state index in [9.17, 15) is 18.9 Å². The first-order valence-electron chi connectivity index (χ1n) is 26.7. The number of nitrogens with zero attached hydrogens (tertiary/aromatic N) is 2. The van der Waals surface area contributed by atoms with Crippen molar-refractivity contribution in [2.24, 2.45) is 0 Å². The molecule has 0 spiro atoms. The van der Waals surface area contributed by atoms with Crippen LogP contribution in [0.2, 0.25) is 0 Å². The van der Waals surface area contributed by atoms with Crippen molar-refractivity contribution < 1.29 is 24.1 Å². The van der Waals surface area contributed by atoms with Crippen LogP contribution in [0, 0.1) is 0 Å². The van der Waals surface area contributed by atoms with Crippen molar-refractivity contribution >= 4 is 24.9 Å². The van der Waals surface area contributed by atoms with Gasteiger partial charge in [0.15, 0.2) is 0 Å². The van der Waals surface area contributed by atoms with Crippen LogP contribution in [-0.2, 0) is 18.9 Å². The maximum Gasteiger partial charge on any atom is 0.220 e. The number of unbranched alkanes of at least 4 members (excludes halogenated alkanes) is 24. The third kappa shape index (κ3) is 41.2. The van der Waals surface area contributed by atoms with Gasteiger partial charge >= 0.3 is 0 Å². The third-order valence-corrected chi connectivity index (χ3v) is 15.6. The Kier molecular flexibility index (Phi) is 45.0. The minimum atomic E-state index is -3.00. The van der Waals surface area contributed by atoms with Crippen molar-refractivity contribution in [3.05, 3.63) is 0 Å². The molecule has 0 bridgehead atoms. The molecule has 62 heavy (non-hydrogen) atoms. The lowest BCUT2D eigenvalue weighted by Crippen LogP contribution is -2.36. The molecule has 0 aromatic heterocycles. The number of carbonyl (C=O) groups excluding carboxylic acids is 3. The fraction of sp³-hybridized carbons (Fsp3) is 0.941. The lowest BCUT2D eigenvalue weighted by molar-refractivity contribution is -0.121. The molecule has 0 aliphatic carbocycles. The smallest absolute Gasteiger partial charge is 0.220 e. The maximum atomic E-state index is 14.3. The molecule has 0 aliphatic heterocycles. The number of hydrogen-bond acceptors (Lipinski definition) is 7. The summed E-state index contributed by atoms with van der Waals surface area (Å²) in [4.78, 5) is 43.7. The number of hydrogen-bond donors (Lipinski definition) is 4. The fourth-order valence-electron chi connectivity index (χ4n) is 8.26. The zero-order valence-electron chi connectivity index (χ0n) is 41.5. The van der Waals surface area contributed by atoms with Crippen LogP contribution in [0.15, 0.2) is 0 Å². The molecule has 11 heteroatoms. The molecule has 0 atom stereocenters. The molecule has 0 fully saturated rings. The van der Waals surface area contributed by atoms with Crippen LogP contribution in [0.4, 0.5) is 0 Å². The van der Waals surface area contributed by atoms with E-state index in [1.165, 1.54) is 180 Å². The fourth-order valence-corrected chi connectivity index (χ4v) is 10.8. The van der Waals surface area contributed by atoms with E-state index in [0.717, 1.165) is 39.3 Å². The second-order valence-electron chi connectivity index (χ2n) is 18.4. The lowest BCUT2D eigenvalue weighted by Gasteiger charge is -2.23. The van der Waals surface area contributed by atoms with Crippen LogP contribution in [0.1, 0.15) is 227 Å². The van der Waals surface area contributed by atoms with E-state index < -0.39 is 7.14 Å². The summed E-state index contributed by atoms with van der Waals surface area (Å²) in [5.74, 6) is -0.501. The minimum absolute atomic E-state index is 0.0544. The average Bonchev–Trinajstić information content (AvgIpc) is 3.27. The Hall–Kier alpha value is -1.48. The quantitative estimate of drug-likeness (QED) is 0.0353. The highest BCUT2D eigenvalue weighted by Gasteiger charge is 2.25. The van der Waals surface area contributed by atoms with Crippen LogP contribution in [0.5, 0.6) is 0 Å². The highest BCUT2D eigenvalue weighted by molar-refractivity contribution is 7.64. The van der Waals surface area contributed by atoms with E-state index >= 15 is 0 Å². The molecule has 0 heterocycles. The summed E-state index contributed by atoms with van der Waals surface area (Å²) in [6.45, 7) is 16.0. The molecule has 0 saturated heterocycles. The Bertz CT molecular complexity index is 964. The van der Waals surface area contributed by atoms with E-state index in [1.807, 2.05) is 0 Å². The average molecular weight is 898 g/mol. The number of rotatable bonds is 49. The molecule has 0 aliphatic rings. The van der Waals surface area contributed by atoms with Crippen molar-refractivity contribution in [2.75, 3.05) is 84.0 Å². The summed E-state index contributed by atoms with van der Waals surface area (Å²) >= 11 is 0. The molecular formula is C51H104N5O5P. The summed E-state index contributed by atoms with van der Waals surface area (Å²) in [5, 5.41) is 18.0. The number of aliphatic hydroxyl groups is 1. The molecule has 0 saturated carbocycles. The van der Waals surface area contributed by atoms with Crippen molar-refractivity contribution in [1.29, 1.82) is 0 Å². The van der Waals surface area contributed by atoms with Gasteiger partial charge in [-0.25, -0.2) is 0 Å². The molecule has 0 unspecified atom stereocenters. The zero-order chi connectivity index (χ0) is 45.6. The SMILES string of the molecule is CCCCCCCCCN(CCCCCCCCC)CCNC(=O)CCP(=O)(CCC(=O)NCCO)CCC(=O)NCCN(CCCCCCCCC)CCCCCCCCC. The molecular weight excluding hydrogens is 794 g/mol. The number of aliphatic hydroxyl groups excluding tert-OH is 1. The van der Waals surface area contributed by atoms with Gasteiger partial charge in [0.05, 0.1) is 13.7 Å².